The van der Waals surface area contributed by atoms with Gasteiger partial charge < -0.3 is 10.4 Å². The van der Waals surface area contributed by atoms with E-state index >= 15 is 0 Å². The van der Waals surface area contributed by atoms with E-state index in [1.165, 1.54) is 11.1 Å². The standard InChI is InChI=1S/C17H19NO3/c19-15(18-9-17(7-8-17)16(20)21)14-12-6-5-10-3-1-2-4-11(10)13(12)14/h1-4,12-14H,5-9H2,(H,18,19)(H,20,21). The van der Waals surface area contributed by atoms with Crippen LogP contribution in [0.4, 0.5) is 0 Å². The summed E-state index contributed by atoms with van der Waals surface area (Å²) in [5, 5.41) is 12.1. The Labute approximate surface area is 123 Å². The van der Waals surface area contributed by atoms with Gasteiger partial charge in [-0.1, -0.05) is 24.3 Å². The zero-order chi connectivity index (χ0) is 14.6. The lowest BCUT2D eigenvalue weighted by Crippen LogP contribution is -2.35. The van der Waals surface area contributed by atoms with Gasteiger partial charge in [-0.3, -0.25) is 9.59 Å². The van der Waals surface area contributed by atoms with Gasteiger partial charge in [-0.25, -0.2) is 0 Å². The van der Waals surface area contributed by atoms with E-state index < -0.39 is 11.4 Å². The average Bonchev–Trinajstić information content (AvgIpc) is 3.38. The minimum atomic E-state index is -0.777. The summed E-state index contributed by atoms with van der Waals surface area (Å²) in [6.45, 7) is 0.290. The molecule has 1 aromatic carbocycles. The van der Waals surface area contributed by atoms with Crippen molar-refractivity contribution in [3.8, 4) is 0 Å². The molecule has 0 spiro atoms. The average molecular weight is 285 g/mol. The maximum atomic E-state index is 12.4. The number of aliphatic carboxylic acids is 1. The van der Waals surface area contributed by atoms with Gasteiger partial charge in [0, 0.05) is 12.5 Å². The molecule has 0 radical (unpaired) electrons. The van der Waals surface area contributed by atoms with Gasteiger partial charge >= 0.3 is 5.97 Å². The van der Waals surface area contributed by atoms with Gasteiger partial charge in [0.2, 0.25) is 5.91 Å². The highest BCUT2D eigenvalue weighted by molar-refractivity contribution is 5.85. The van der Waals surface area contributed by atoms with Crippen LogP contribution in [0.1, 0.15) is 36.3 Å². The molecule has 110 valence electrons. The zero-order valence-electron chi connectivity index (χ0n) is 11.8. The van der Waals surface area contributed by atoms with Crippen molar-refractivity contribution < 1.29 is 14.7 Å². The first-order chi connectivity index (χ1) is 10.1. The van der Waals surface area contributed by atoms with Gasteiger partial charge in [0.05, 0.1) is 5.41 Å². The molecule has 0 saturated heterocycles. The summed E-state index contributed by atoms with van der Waals surface area (Å²) in [6, 6.07) is 8.39. The van der Waals surface area contributed by atoms with E-state index in [0.717, 1.165) is 12.8 Å². The van der Waals surface area contributed by atoms with Gasteiger partial charge in [-0.05, 0) is 48.6 Å². The monoisotopic (exact) mass is 285 g/mol. The van der Waals surface area contributed by atoms with Crippen LogP contribution in [-0.4, -0.2) is 23.5 Å². The van der Waals surface area contributed by atoms with Crippen molar-refractivity contribution in [3.05, 3.63) is 35.4 Å². The Balaban J connectivity index is 1.43. The van der Waals surface area contributed by atoms with E-state index in [-0.39, 0.29) is 11.8 Å². The number of rotatable bonds is 4. The first-order valence-electron chi connectivity index (χ1n) is 7.71. The predicted molar refractivity (Wildman–Crippen MR) is 76.8 cm³/mol. The SMILES string of the molecule is O=C(NCC1(C(=O)O)CC1)C1C2CCc3ccccc3C21. The van der Waals surface area contributed by atoms with Gasteiger partial charge in [0.1, 0.15) is 0 Å². The number of aryl methyl sites for hydroxylation is 1. The molecule has 4 rings (SSSR count). The number of carbonyl (C=O) groups excluding carboxylic acids is 1. The Bertz CT molecular complexity index is 620. The summed E-state index contributed by atoms with van der Waals surface area (Å²) in [6.07, 6.45) is 3.50. The third kappa shape index (κ3) is 1.96. The van der Waals surface area contributed by atoms with Crippen LogP contribution in [-0.2, 0) is 16.0 Å². The van der Waals surface area contributed by atoms with Crippen LogP contribution in [0.3, 0.4) is 0 Å². The second-order valence-electron chi connectivity index (χ2n) is 6.76. The van der Waals surface area contributed by atoms with Crippen molar-refractivity contribution in [2.75, 3.05) is 6.54 Å². The smallest absolute Gasteiger partial charge is 0.311 e. The zero-order valence-corrected chi connectivity index (χ0v) is 11.8. The van der Waals surface area contributed by atoms with Crippen LogP contribution >= 0.6 is 0 Å². The quantitative estimate of drug-likeness (QED) is 0.888. The summed E-state index contributed by atoms with van der Waals surface area (Å²) in [7, 11) is 0. The summed E-state index contributed by atoms with van der Waals surface area (Å²) >= 11 is 0. The van der Waals surface area contributed by atoms with Gasteiger partial charge in [-0.2, -0.15) is 0 Å². The Kier molecular flexibility index (Phi) is 2.65. The number of hydrogen-bond acceptors (Lipinski definition) is 2. The predicted octanol–water partition coefficient (Wildman–Crippen LogP) is 1.94. The largest absolute Gasteiger partial charge is 0.481 e. The molecule has 3 unspecified atom stereocenters. The van der Waals surface area contributed by atoms with Crippen LogP contribution in [0.2, 0.25) is 0 Å². The van der Waals surface area contributed by atoms with E-state index in [0.29, 0.717) is 31.2 Å². The lowest BCUT2D eigenvalue weighted by atomic mass is 9.92. The van der Waals surface area contributed by atoms with Crippen LogP contribution in [0.5, 0.6) is 0 Å². The van der Waals surface area contributed by atoms with Crippen LogP contribution < -0.4 is 5.32 Å². The first-order valence-corrected chi connectivity index (χ1v) is 7.71. The second-order valence-corrected chi connectivity index (χ2v) is 6.76. The fourth-order valence-corrected chi connectivity index (χ4v) is 3.92. The maximum absolute atomic E-state index is 12.4. The molecule has 3 atom stereocenters. The highest BCUT2D eigenvalue weighted by atomic mass is 16.4. The Hall–Kier alpha value is -1.84. The number of carboxylic acid groups (broad SMARTS) is 1. The van der Waals surface area contributed by atoms with Crippen LogP contribution in [0, 0.1) is 17.3 Å². The number of nitrogens with one attached hydrogen (secondary N) is 1. The van der Waals surface area contributed by atoms with E-state index in [1.54, 1.807) is 0 Å². The molecule has 21 heavy (non-hydrogen) atoms. The lowest BCUT2D eigenvalue weighted by molar-refractivity contribution is -0.143. The second kappa shape index (κ2) is 4.33. The number of benzene rings is 1. The molecule has 0 aromatic heterocycles. The maximum Gasteiger partial charge on any atom is 0.311 e. The number of fused-ring (bicyclic) bond motifs is 3. The van der Waals surface area contributed by atoms with Crippen molar-refractivity contribution in [2.24, 2.45) is 17.3 Å². The highest BCUT2D eigenvalue weighted by Gasteiger charge is 2.58. The molecule has 2 N–H and O–H groups in total. The molecule has 3 aliphatic rings. The topological polar surface area (TPSA) is 66.4 Å². The number of carbonyl (C=O) groups is 2. The summed E-state index contributed by atoms with van der Waals surface area (Å²) < 4.78 is 0. The normalized spacial score (nSPS) is 30.8. The Morgan fingerprint density at radius 3 is 2.76 bits per heavy atom. The molecular weight excluding hydrogens is 266 g/mol. The van der Waals surface area contributed by atoms with Gasteiger partial charge in [-0.15, -0.1) is 0 Å². The van der Waals surface area contributed by atoms with E-state index in [9.17, 15) is 9.59 Å². The molecular formula is C17H19NO3. The Morgan fingerprint density at radius 1 is 1.29 bits per heavy atom. The molecule has 0 bridgehead atoms. The number of amides is 1. The van der Waals surface area contributed by atoms with Crippen LogP contribution in [0.25, 0.3) is 0 Å². The molecule has 4 heteroatoms. The summed E-state index contributed by atoms with van der Waals surface area (Å²) in [5.74, 6) is 0.142. The number of hydrogen-bond donors (Lipinski definition) is 2. The van der Waals surface area contributed by atoms with E-state index in [2.05, 4.69) is 23.5 Å². The van der Waals surface area contributed by atoms with Crippen molar-refractivity contribution in [3.63, 3.8) is 0 Å². The van der Waals surface area contributed by atoms with Crippen LogP contribution in [0.15, 0.2) is 24.3 Å². The summed E-state index contributed by atoms with van der Waals surface area (Å²) in [4.78, 5) is 23.5. The van der Waals surface area contributed by atoms with Crippen molar-refractivity contribution >= 4 is 11.9 Å². The molecule has 0 heterocycles. The molecule has 2 saturated carbocycles. The van der Waals surface area contributed by atoms with Crippen molar-refractivity contribution in [1.29, 1.82) is 0 Å². The third-order valence-electron chi connectivity index (χ3n) is 5.54. The molecule has 1 aromatic rings. The first kappa shape index (κ1) is 12.9. The van der Waals surface area contributed by atoms with E-state index in [4.69, 9.17) is 5.11 Å². The van der Waals surface area contributed by atoms with Crippen molar-refractivity contribution in [2.45, 2.75) is 31.6 Å². The molecule has 0 aliphatic heterocycles. The van der Waals surface area contributed by atoms with E-state index in [1.807, 2.05) is 6.07 Å². The third-order valence-corrected chi connectivity index (χ3v) is 5.54. The van der Waals surface area contributed by atoms with Gasteiger partial charge in [0.15, 0.2) is 0 Å². The highest BCUT2D eigenvalue weighted by Crippen LogP contribution is 2.60. The fourth-order valence-electron chi connectivity index (χ4n) is 3.92. The molecule has 1 amide bonds. The lowest BCUT2D eigenvalue weighted by Gasteiger charge is -2.13. The Morgan fingerprint density at radius 2 is 2.05 bits per heavy atom. The van der Waals surface area contributed by atoms with Gasteiger partial charge in [0.25, 0.3) is 0 Å². The fraction of sp³-hybridized carbons (Fsp3) is 0.529. The summed E-state index contributed by atoms with van der Waals surface area (Å²) in [5.41, 5.74) is 2.03. The minimum absolute atomic E-state index is 0.0502. The molecule has 4 nitrogen and oxygen atoms in total. The number of carboxylic acids is 1. The minimum Gasteiger partial charge on any atom is -0.481 e. The van der Waals surface area contributed by atoms with Crippen molar-refractivity contribution in [1.82, 2.24) is 5.32 Å². The molecule has 3 aliphatic carbocycles. The molecule has 2 fully saturated rings.